The number of Topliss-reactive ketones (excluding diaryl/α,β-unsaturated/α-hetero) is 1. The first kappa shape index (κ1) is 14.1. The molecule has 0 unspecified atom stereocenters. The maximum absolute atomic E-state index is 11.2. The molecule has 104 valence electrons. The molecule has 18 heavy (non-hydrogen) atoms. The minimum Gasteiger partial charge on any atom is -0.300 e. The molecular formula is C17H30O. The normalized spacial score (nSPS) is 37.4. The molecule has 0 bridgehead atoms. The van der Waals surface area contributed by atoms with Gasteiger partial charge in [0.25, 0.3) is 0 Å². The van der Waals surface area contributed by atoms with Gasteiger partial charge in [0.15, 0.2) is 0 Å². The summed E-state index contributed by atoms with van der Waals surface area (Å²) < 4.78 is 0. The molecule has 1 nitrogen and oxygen atoms in total. The average Bonchev–Trinajstić information content (AvgIpc) is 2.39. The Labute approximate surface area is 113 Å². The molecular weight excluding hydrogens is 220 g/mol. The minimum atomic E-state index is 0.391. The summed E-state index contributed by atoms with van der Waals surface area (Å²) in [6, 6.07) is 0. The van der Waals surface area contributed by atoms with E-state index >= 15 is 0 Å². The lowest BCUT2D eigenvalue weighted by atomic mass is 9.68. The smallest absolute Gasteiger partial charge is 0.130 e. The number of hydrogen-bond acceptors (Lipinski definition) is 1. The summed E-state index contributed by atoms with van der Waals surface area (Å²) in [7, 11) is 0. The predicted octanol–water partition coefficient (Wildman–Crippen LogP) is 4.99. The van der Waals surface area contributed by atoms with E-state index in [1.165, 1.54) is 57.8 Å². The second-order valence-corrected chi connectivity index (χ2v) is 6.88. The van der Waals surface area contributed by atoms with E-state index in [1.54, 1.807) is 6.92 Å². The molecule has 0 amide bonds. The molecule has 2 rings (SSSR count). The van der Waals surface area contributed by atoms with E-state index in [0.29, 0.717) is 11.7 Å². The van der Waals surface area contributed by atoms with Gasteiger partial charge in [0, 0.05) is 6.42 Å². The summed E-state index contributed by atoms with van der Waals surface area (Å²) in [4.78, 5) is 11.2. The zero-order valence-corrected chi connectivity index (χ0v) is 12.3. The summed E-state index contributed by atoms with van der Waals surface area (Å²) >= 11 is 0. The first-order chi connectivity index (χ1) is 8.69. The van der Waals surface area contributed by atoms with Gasteiger partial charge in [0.1, 0.15) is 5.78 Å². The van der Waals surface area contributed by atoms with E-state index in [1.807, 2.05) is 0 Å². The van der Waals surface area contributed by atoms with Gasteiger partial charge in [-0.2, -0.15) is 0 Å². The predicted molar refractivity (Wildman–Crippen MR) is 76.5 cm³/mol. The van der Waals surface area contributed by atoms with Crippen LogP contribution in [0, 0.1) is 23.7 Å². The van der Waals surface area contributed by atoms with Crippen molar-refractivity contribution in [1.29, 1.82) is 0 Å². The summed E-state index contributed by atoms with van der Waals surface area (Å²) in [6.45, 7) is 4.09. The Morgan fingerprint density at radius 2 is 1.28 bits per heavy atom. The standard InChI is InChI=1S/C17H30O/c1-3-14-4-8-16(9-5-14)17-10-6-15(7-11-17)12-13(2)18/h14-17H,3-12H2,1-2H3. The van der Waals surface area contributed by atoms with Gasteiger partial charge in [-0.25, -0.2) is 0 Å². The highest BCUT2D eigenvalue weighted by Gasteiger charge is 2.30. The van der Waals surface area contributed by atoms with E-state index in [0.717, 1.165) is 24.2 Å². The molecule has 2 aliphatic rings. The highest BCUT2D eigenvalue weighted by molar-refractivity contribution is 5.75. The number of rotatable bonds is 4. The Morgan fingerprint density at radius 1 is 0.833 bits per heavy atom. The molecule has 0 N–H and O–H groups in total. The Kier molecular flexibility index (Phi) is 5.26. The molecule has 0 heterocycles. The van der Waals surface area contributed by atoms with Crippen LogP contribution in [0.4, 0.5) is 0 Å². The number of ketones is 1. The second kappa shape index (κ2) is 6.73. The Hall–Kier alpha value is -0.330. The lowest BCUT2D eigenvalue weighted by molar-refractivity contribution is -0.118. The van der Waals surface area contributed by atoms with Crippen LogP contribution in [0.25, 0.3) is 0 Å². The number of carbonyl (C=O) groups is 1. The topological polar surface area (TPSA) is 17.1 Å². The summed E-state index contributed by atoms with van der Waals surface area (Å²) in [5.41, 5.74) is 0. The molecule has 2 aliphatic carbocycles. The van der Waals surface area contributed by atoms with Crippen molar-refractivity contribution >= 4 is 5.78 Å². The third kappa shape index (κ3) is 3.83. The quantitative estimate of drug-likeness (QED) is 0.687. The monoisotopic (exact) mass is 250 g/mol. The number of carbonyl (C=O) groups excluding carboxylic acids is 1. The van der Waals surface area contributed by atoms with Gasteiger partial charge >= 0.3 is 0 Å². The molecule has 0 aliphatic heterocycles. The van der Waals surface area contributed by atoms with Crippen molar-refractivity contribution in [1.82, 2.24) is 0 Å². The van der Waals surface area contributed by atoms with Gasteiger partial charge in [-0.05, 0) is 69.1 Å². The Balaban J connectivity index is 1.71. The van der Waals surface area contributed by atoms with Gasteiger partial charge in [0.05, 0.1) is 0 Å². The molecule has 0 saturated heterocycles. The van der Waals surface area contributed by atoms with Gasteiger partial charge in [0.2, 0.25) is 0 Å². The fourth-order valence-corrected chi connectivity index (χ4v) is 4.34. The third-order valence-electron chi connectivity index (χ3n) is 5.60. The zero-order chi connectivity index (χ0) is 13.0. The molecule has 0 aromatic rings. The molecule has 2 fully saturated rings. The Morgan fingerprint density at radius 3 is 1.67 bits per heavy atom. The van der Waals surface area contributed by atoms with Gasteiger partial charge < -0.3 is 4.79 Å². The highest BCUT2D eigenvalue weighted by atomic mass is 16.1. The van der Waals surface area contributed by atoms with Crippen LogP contribution in [0.3, 0.4) is 0 Å². The first-order valence-corrected chi connectivity index (χ1v) is 8.18. The Bertz CT molecular complexity index is 255. The van der Waals surface area contributed by atoms with Gasteiger partial charge in [-0.15, -0.1) is 0 Å². The van der Waals surface area contributed by atoms with E-state index in [2.05, 4.69) is 6.92 Å². The van der Waals surface area contributed by atoms with Gasteiger partial charge in [-0.1, -0.05) is 26.2 Å². The second-order valence-electron chi connectivity index (χ2n) is 6.88. The van der Waals surface area contributed by atoms with Crippen LogP contribution in [0.5, 0.6) is 0 Å². The van der Waals surface area contributed by atoms with Crippen LogP contribution in [-0.2, 0) is 4.79 Å². The van der Waals surface area contributed by atoms with Crippen molar-refractivity contribution in [2.45, 2.75) is 78.1 Å². The van der Waals surface area contributed by atoms with Crippen LogP contribution in [0.15, 0.2) is 0 Å². The van der Waals surface area contributed by atoms with E-state index in [-0.39, 0.29) is 0 Å². The molecule has 0 radical (unpaired) electrons. The van der Waals surface area contributed by atoms with Gasteiger partial charge in [-0.3, -0.25) is 0 Å². The summed E-state index contributed by atoms with van der Waals surface area (Å²) in [5.74, 6) is 4.14. The molecule has 0 aromatic carbocycles. The zero-order valence-electron chi connectivity index (χ0n) is 12.3. The summed E-state index contributed by atoms with van der Waals surface area (Å²) in [5, 5.41) is 0. The lowest BCUT2D eigenvalue weighted by Gasteiger charge is -2.37. The molecule has 2 saturated carbocycles. The van der Waals surface area contributed by atoms with Crippen molar-refractivity contribution in [2.24, 2.45) is 23.7 Å². The largest absolute Gasteiger partial charge is 0.300 e. The van der Waals surface area contributed by atoms with E-state index in [9.17, 15) is 4.79 Å². The molecule has 0 aromatic heterocycles. The lowest BCUT2D eigenvalue weighted by Crippen LogP contribution is -2.26. The third-order valence-corrected chi connectivity index (χ3v) is 5.60. The van der Waals surface area contributed by atoms with Crippen LogP contribution in [0.1, 0.15) is 78.1 Å². The van der Waals surface area contributed by atoms with E-state index < -0.39 is 0 Å². The highest BCUT2D eigenvalue weighted by Crippen LogP contribution is 2.42. The van der Waals surface area contributed by atoms with Crippen molar-refractivity contribution in [3.63, 3.8) is 0 Å². The maximum atomic E-state index is 11.2. The molecule has 0 atom stereocenters. The van der Waals surface area contributed by atoms with Crippen LogP contribution in [0.2, 0.25) is 0 Å². The van der Waals surface area contributed by atoms with Crippen molar-refractivity contribution in [2.75, 3.05) is 0 Å². The van der Waals surface area contributed by atoms with Crippen molar-refractivity contribution in [3.8, 4) is 0 Å². The SMILES string of the molecule is CCC1CCC(C2CCC(CC(C)=O)CC2)CC1. The van der Waals surface area contributed by atoms with E-state index in [4.69, 9.17) is 0 Å². The number of hydrogen-bond donors (Lipinski definition) is 0. The van der Waals surface area contributed by atoms with Crippen LogP contribution < -0.4 is 0 Å². The summed E-state index contributed by atoms with van der Waals surface area (Å²) in [6.07, 6.45) is 13.6. The van der Waals surface area contributed by atoms with Crippen molar-refractivity contribution in [3.05, 3.63) is 0 Å². The average molecular weight is 250 g/mol. The van der Waals surface area contributed by atoms with Crippen molar-refractivity contribution < 1.29 is 4.79 Å². The first-order valence-electron chi connectivity index (χ1n) is 8.18. The van der Waals surface area contributed by atoms with Crippen LogP contribution in [-0.4, -0.2) is 5.78 Å². The maximum Gasteiger partial charge on any atom is 0.130 e. The fourth-order valence-electron chi connectivity index (χ4n) is 4.34. The van der Waals surface area contributed by atoms with Crippen LogP contribution >= 0.6 is 0 Å². The molecule has 0 spiro atoms. The minimum absolute atomic E-state index is 0.391. The fraction of sp³-hybridized carbons (Fsp3) is 0.941. The molecule has 1 heteroatoms.